The fraction of sp³-hybridized carbons (Fsp3) is 0.500. The normalized spacial score (nSPS) is 30.3. The van der Waals surface area contributed by atoms with E-state index in [1.807, 2.05) is 24.3 Å². The number of primary amides is 1. The Hall–Kier alpha value is -1.26. The molecular weight excluding hydrogens is 262 g/mol. The molecule has 0 spiro atoms. The Morgan fingerprint density at radius 2 is 2.11 bits per heavy atom. The van der Waals surface area contributed by atoms with E-state index in [4.69, 9.17) is 17.3 Å². The molecule has 1 amide bonds. The van der Waals surface area contributed by atoms with Crippen LogP contribution in [0.1, 0.15) is 19.3 Å². The van der Waals surface area contributed by atoms with Gasteiger partial charge < -0.3 is 11.1 Å². The summed E-state index contributed by atoms with van der Waals surface area (Å²) in [4.78, 5) is 14.4. The first-order chi connectivity index (χ1) is 9.12. The van der Waals surface area contributed by atoms with Gasteiger partial charge in [-0.1, -0.05) is 11.6 Å². The van der Waals surface area contributed by atoms with Gasteiger partial charge in [0.15, 0.2) is 0 Å². The van der Waals surface area contributed by atoms with Gasteiger partial charge in [0, 0.05) is 23.3 Å². The first-order valence-corrected chi connectivity index (χ1v) is 7.07. The number of nitrogens with zero attached hydrogens (tertiary/aromatic N) is 1. The Kier molecular flexibility index (Phi) is 3.15. The van der Waals surface area contributed by atoms with E-state index in [0.717, 1.165) is 38.0 Å². The molecule has 1 aromatic rings. The van der Waals surface area contributed by atoms with Gasteiger partial charge in [-0.25, -0.2) is 0 Å². The Labute approximate surface area is 117 Å². The minimum atomic E-state index is -0.635. The molecule has 2 saturated heterocycles. The number of rotatable bonds is 3. The second-order valence-corrected chi connectivity index (χ2v) is 5.85. The highest BCUT2D eigenvalue weighted by Crippen LogP contribution is 2.38. The Morgan fingerprint density at radius 1 is 1.37 bits per heavy atom. The number of nitrogens with two attached hydrogens (primary N) is 1. The summed E-state index contributed by atoms with van der Waals surface area (Å²) in [5, 5.41) is 4.07. The largest absolute Gasteiger partial charge is 0.370 e. The molecule has 2 aliphatic rings. The molecule has 0 aromatic heterocycles. The number of fused-ring (bicyclic) bond motifs is 1. The quantitative estimate of drug-likeness (QED) is 0.888. The Balaban J connectivity index is 1.89. The van der Waals surface area contributed by atoms with Gasteiger partial charge in [-0.3, -0.25) is 9.69 Å². The van der Waals surface area contributed by atoms with Gasteiger partial charge in [0.2, 0.25) is 5.91 Å². The average Bonchev–Trinajstić information content (AvgIpc) is 2.96. The van der Waals surface area contributed by atoms with Crippen LogP contribution in [0.5, 0.6) is 0 Å². The van der Waals surface area contributed by atoms with Gasteiger partial charge >= 0.3 is 0 Å². The van der Waals surface area contributed by atoms with Gasteiger partial charge in [-0.05, 0) is 50.1 Å². The number of benzene rings is 1. The number of amides is 1. The minimum Gasteiger partial charge on any atom is -0.370 e. The summed E-state index contributed by atoms with van der Waals surface area (Å²) in [7, 11) is 0. The monoisotopic (exact) mass is 279 g/mol. The van der Waals surface area contributed by atoms with E-state index >= 15 is 0 Å². The maximum Gasteiger partial charge on any atom is 0.244 e. The second-order valence-electron chi connectivity index (χ2n) is 5.41. The highest BCUT2D eigenvalue weighted by Gasteiger charge is 2.53. The van der Waals surface area contributed by atoms with E-state index < -0.39 is 5.54 Å². The molecule has 0 bridgehead atoms. The zero-order chi connectivity index (χ0) is 13.5. The van der Waals surface area contributed by atoms with Crippen LogP contribution in [0.2, 0.25) is 5.02 Å². The lowest BCUT2D eigenvalue weighted by Gasteiger charge is -2.34. The average molecular weight is 280 g/mol. The lowest BCUT2D eigenvalue weighted by Crippen LogP contribution is -2.57. The van der Waals surface area contributed by atoms with Crippen LogP contribution in [0, 0.1) is 0 Å². The molecule has 3 rings (SSSR count). The summed E-state index contributed by atoms with van der Waals surface area (Å²) in [5.41, 5.74) is 5.98. The lowest BCUT2D eigenvalue weighted by molar-refractivity contribution is -0.122. The molecule has 102 valence electrons. The van der Waals surface area contributed by atoms with Crippen LogP contribution < -0.4 is 11.1 Å². The molecule has 0 saturated carbocycles. The van der Waals surface area contributed by atoms with E-state index in [-0.39, 0.29) is 11.9 Å². The van der Waals surface area contributed by atoms with Crippen molar-refractivity contribution < 1.29 is 4.79 Å². The third-order valence-corrected chi connectivity index (χ3v) is 4.63. The van der Waals surface area contributed by atoms with Crippen LogP contribution in [-0.2, 0) is 4.79 Å². The molecule has 1 aromatic carbocycles. The van der Waals surface area contributed by atoms with Crippen molar-refractivity contribution in [3.8, 4) is 0 Å². The molecule has 3 N–H and O–H groups in total. The van der Waals surface area contributed by atoms with Crippen LogP contribution in [0.3, 0.4) is 0 Å². The van der Waals surface area contributed by atoms with Crippen molar-refractivity contribution in [2.45, 2.75) is 30.8 Å². The standard InChI is InChI=1S/C14H18ClN3O/c15-10-3-5-11(6-4-10)17-14(13(16)19)7-9-18-8-1-2-12(14)18/h3-6,12,17H,1-2,7-9H2,(H2,16,19). The van der Waals surface area contributed by atoms with Crippen molar-refractivity contribution in [1.29, 1.82) is 0 Å². The lowest BCUT2D eigenvalue weighted by atomic mass is 9.87. The Bertz CT molecular complexity index is 490. The van der Waals surface area contributed by atoms with Crippen molar-refractivity contribution in [3.63, 3.8) is 0 Å². The van der Waals surface area contributed by atoms with E-state index in [1.54, 1.807) is 0 Å². The zero-order valence-electron chi connectivity index (χ0n) is 10.7. The molecule has 4 nitrogen and oxygen atoms in total. The maximum atomic E-state index is 12.0. The van der Waals surface area contributed by atoms with Gasteiger partial charge in [0.05, 0.1) is 0 Å². The zero-order valence-corrected chi connectivity index (χ0v) is 11.5. The number of halogens is 1. The molecule has 0 aliphatic carbocycles. The predicted molar refractivity (Wildman–Crippen MR) is 76.2 cm³/mol. The van der Waals surface area contributed by atoms with Crippen LogP contribution in [-0.4, -0.2) is 35.5 Å². The summed E-state index contributed by atoms with van der Waals surface area (Å²) in [6.45, 7) is 2.01. The topological polar surface area (TPSA) is 58.4 Å². The summed E-state index contributed by atoms with van der Waals surface area (Å²) in [6.07, 6.45) is 2.95. The molecule has 2 atom stereocenters. The van der Waals surface area contributed by atoms with E-state index in [9.17, 15) is 4.79 Å². The van der Waals surface area contributed by atoms with Crippen LogP contribution >= 0.6 is 11.6 Å². The van der Waals surface area contributed by atoms with Crippen molar-refractivity contribution in [2.24, 2.45) is 5.73 Å². The maximum absolute atomic E-state index is 12.0. The SMILES string of the molecule is NC(=O)C1(Nc2ccc(Cl)cc2)CCN2CCCC21. The van der Waals surface area contributed by atoms with Crippen molar-refractivity contribution in [2.75, 3.05) is 18.4 Å². The van der Waals surface area contributed by atoms with Crippen LogP contribution in [0.25, 0.3) is 0 Å². The molecule has 5 heteroatoms. The minimum absolute atomic E-state index is 0.223. The highest BCUT2D eigenvalue weighted by molar-refractivity contribution is 6.30. The third-order valence-electron chi connectivity index (χ3n) is 4.38. The number of hydrogen-bond acceptors (Lipinski definition) is 3. The molecule has 19 heavy (non-hydrogen) atoms. The summed E-state index contributed by atoms with van der Waals surface area (Å²) < 4.78 is 0. The Morgan fingerprint density at radius 3 is 2.79 bits per heavy atom. The van der Waals surface area contributed by atoms with E-state index in [2.05, 4.69) is 10.2 Å². The molecule has 2 unspecified atom stereocenters. The first kappa shape index (κ1) is 12.8. The van der Waals surface area contributed by atoms with Gasteiger partial charge in [-0.2, -0.15) is 0 Å². The number of carbonyl (C=O) groups excluding carboxylic acids is 1. The first-order valence-electron chi connectivity index (χ1n) is 6.69. The van der Waals surface area contributed by atoms with Gasteiger partial charge in [0.25, 0.3) is 0 Å². The molecule has 2 aliphatic heterocycles. The highest BCUT2D eigenvalue weighted by atomic mass is 35.5. The van der Waals surface area contributed by atoms with Crippen molar-refractivity contribution in [3.05, 3.63) is 29.3 Å². The second kappa shape index (κ2) is 4.69. The summed E-state index contributed by atoms with van der Waals surface area (Å²) >= 11 is 5.89. The number of carbonyl (C=O) groups is 1. The van der Waals surface area contributed by atoms with Gasteiger partial charge in [-0.15, -0.1) is 0 Å². The van der Waals surface area contributed by atoms with Crippen molar-refractivity contribution in [1.82, 2.24) is 4.90 Å². The van der Waals surface area contributed by atoms with Crippen molar-refractivity contribution >= 4 is 23.2 Å². The van der Waals surface area contributed by atoms with E-state index in [1.165, 1.54) is 0 Å². The summed E-state index contributed by atoms with van der Waals surface area (Å²) in [6, 6.07) is 7.65. The molecule has 2 heterocycles. The van der Waals surface area contributed by atoms with Crippen LogP contribution in [0.4, 0.5) is 5.69 Å². The smallest absolute Gasteiger partial charge is 0.244 e. The van der Waals surface area contributed by atoms with Gasteiger partial charge in [0.1, 0.15) is 5.54 Å². The van der Waals surface area contributed by atoms with Crippen LogP contribution in [0.15, 0.2) is 24.3 Å². The fourth-order valence-electron chi connectivity index (χ4n) is 3.42. The fourth-order valence-corrected chi connectivity index (χ4v) is 3.55. The molecular formula is C14H18ClN3O. The van der Waals surface area contributed by atoms with E-state index in [0.29, 0.717) is 5.02 Å². The molecule has 2 fully saturated rings. The third kappa shape index (κ3) is 2.09. The molecule has 0 radical (unpaired) electrons. The summed E-state index contributed by atoms with van der Waals surface area (Å²) in [5.74, 6) is -0.253. The number of nitrogens with one attached hydrogen (secondary N) is 1. The number of anilines is 1. The number of hydrogen-bond donors (Lipinski definition) is 2. The predicted octanol–water partition coefficient (Wildman–Crippen LogP) is 1.84.